The second-order valence-electron chi connectivity index (χ2n) is 3.03. The van der Waals surface area contributed by atoms with Crippen LogP contribution in [0.5, 0.6) is 0 Å². The van der Waals surface area contributed by atoms with Crippen LogP contribution in [0, 0.1) is 21.4 Å². The molecule has 0 aliphatic rings. The molecule has 17 heavy (non-hydrogen) atoms. The Morgan fingerprint density at radius 3 is 2.41 bits per heavy atom. The zero-order valence-electron chi connectivity index (χ0n) is 8.08. The van der Waals surface area contributed by atoms with E-state index in [1.807, 2.05) is 0 Å². The van der Waals surface area contributed by atoms with Gasteiger partial charge in [0, 0.05) is 11.6 Å². The van der Waals surface area contributed by atoms with Crippen molar-refractivity contribution in [1.82, 2.24) is 0 Å². The van der Waals surface area contributed by atoms with Crippen molar-refractivity contribution >= 4 is 17.3 Å². The van der Waals surface area contributed by atoms with Crippen molar-refractivity contribution in [3.8, 4) is 6.07 Å². The zero-order chi connectivity index (χ0) is 13.2. The van der Waals surface area contributed by atoms with Crippen LogP contribution in [0.4, 0.5) is 18.9 Å². The number of hydrogen-bond acceptors (Lipinski definition) is 3. The third-order valence-electron chi connectivity index (χ3n) is 1.99. The first-order valence-electron chi connectivity index (χ1n) is 4.15. The second-order valence-corrected chi connectivity index (χ2v) is 3.29. The topological polar surface area (TPSA) is 66.9 Å². The quantitative estimate of drug-likeness (QED) is 0.468. The van der Waals surface area contributed by atoms with Crippen molar-refractivity contribution < 1.29 is 18.1 Å². The minimum absolute atomic E-state index is 0.124. The van der Waals surface area contributed by atoms with Crippen molar-refractivity contribution in [3.63, 3.8) is 0 Å². The van der Waals surface area contributed by atoms with Crippen molar-refractivity contribution in [2.45, 2.75) is 12.1 Å². The average Bonchev–Trinajstić information content (AvgIpc) is 2.25. The van der Waals surface area contributed by atoms with Crippen molar-refractivity contribution in [2.75, 3.05) is 0 Å². The molecule has 1 aromatic carbocycles. The molecule has 0 amide bonds. The molecule has 0 aliphatic heterocycles. The number of halogens is 4. The van der Waals surface area contributed by atoms with Crippen molar-refractivity contribution in [2.24, 2.45) is 0 Å². The fourth-order valence-electron chi connectivity index (χ4n) is 1.24. The Morgan fingerprint density at radius 1 is 1.47 bits per heavy atom. The maximum Gasteiger partial charge on any atom is 0.417 e. The molecular weight excluding hydrogens is 261 g/mol. The monoisotopic (exact) mass is 264 g/mol. The Bertz CT molecular complexity index is 508. The van der Waals surface area contributed by atoms with Crippen molar-refractivity contribution in [1.29, 1.82) is 5.26 Å². The van der Waals surface area contributed by atoms with Gasteiger partial charge in [-0.25, -0.2) is 0 Å². The molecule has 4 nitrogen and oxygen atoms in total. The number of nitro groups is 1. The summed E-state index contributed by atoms with van der Waals surface area (Å²) >= 11 is 5.38. The van der Waals surface area contributed by atoms with Crippen LogP contribution in [0.3, 0.4) is 0 Å². The van der Waals surface area contributed by atoms with E-state index >= 15 is 0 Å². The van der Waals surface area contributed by atoms with Gasteiger partial charge in [-0.2, -0.15) is 18.4 Å². The highest BCUT2D eigenvalue weighted by Gasteiger charge is 2.36. The highest BCUT2D eigenvalue weighted by Crippen LogP contribution is 2.36. The molecular formula is C9H4ClF3N2O2. The zero-order valence-corrected chi connectivity index (χ0v) is 8.84. The second kappa shape index (κ2) is 4.59. The van der Waals surface area contributed by atoms with E-state index in [2.05, 4.69) is 0 Å². The molecule has 1 aromatic rings. The molecule has 0 aliphatic carbocycles. The molecule has 0 spiro atoms. The lowest BCUT2D eigenvalue weighted by Crippen LogP contribution is -2.09. The minimum Gasteiger partial charge on any atom is -0.258 e. The SMILES string of the molecule is N#Cc1cc(CCl)c([N+](=O)[O-])cc1C(F)(F)F. The van der Waals surface area contributed by atoms with Gasteiger partial charge in [-0.3, -0.25) is 10.1 Å². The Morgan fingerprint density at radius 2 is 2.06 bits per heavy atom. The maximum atomic E-state index is 12.5. The van der Waals surface area contributed by atoms with E-state index in [1.165, 1.54) is 6.07 Å². The lowest BCUT2D eigenvalue weighted by molar-refractivity contribution is -0.385. The highest BCUT2D eigenvalue weighted by atomic mass is 35.5. The Hall–Kier alpha value is -1.81. The van der Waals surface area contributed by atoms with Crippen LogP contribution < -0.4 is 0 Å². The normalized spacial score (nSPS) is 11.0. The van der Waals surface area contributed by atoms with Gasteiger partial charge in [0.05, 0.1) is 28.0 Å². The van der Waals surface area contributed by atoms with E-state index in [-0.39, 0.29) is 11.4 Å². The standard InChI is InChI=1S/C9H4ClF3N2O2/c10-3-5-1-6(4-14)7(9(11,12)13)2-8(5)15(16)17/h1-2H,3H2. The van der Waals surface area contributed by atoms with Crippen LogP contribution in [-0.2, 0) is 12.1 Å². The molecule has 1 rings (SSSR count). The van der Waals surface area contributed by atoms with E-state index in [4.69, 9.17) is 16.9 Å². The third-order valence-corrected chi connectivity index (χ3v) is 2.27. The first kappa shape index (κ1) is 13.3. The molecule has 0 fully saturated rings. The molecule has 0 heterocycles. The van der Waals surface area contributed by atoms with E-state index in [0.29, 0.717) is 6.07 Å². The molecule has 0 saturated carbocycles. The lowest BCUT2D eigenvalue weighted by atomic mass is 10.0. The van der Waals surface area contributed by atoms with Gasteiger partial charge in [0.2, 0.25) is 0 Å². The number of benzene rings is 1. The van der Waals surface area contributed by atoms with Crippen LogP contribution in [0.25, 0.3) is 0 Å². The van der Waals surface area contributed by atoms with Crippen LogP contribution in [0.2, 0.25) is 0 Å². The van der Waals surface area contributed by atoms with Crippen molar-refractivity contribution in [3.05, 3.63) is 38.9 Å². The first-order chi connectivity index (χ1) is 7.81. The van der Waals surface area contributed by atoms with Crippen LogP contribution >= 0.6 is 11.6 Å². The number of rotatable bonds is 2. The largest absolute Gasteiger partial charge is 0.417 e. The van der Waals surface area contributed by atoms with Gasteiger partial charge in [0.1, 0.15) is 0 Å². The number of nitro benzene ring substituents is 1. The van der Waals surface area contributed by atoms with Gasteiger partial charge in [0.25, 0.3) is 5.69 Å². The Balaban J connectivity index is 3.58. The van der Waals surface area contributed by atoms with E-state index in [1.54, 1.807) is 0 Å². The molecule has 0 atom stereocenters. The van der Waals surface area contributed by atoms with Gasteiger partial charge in [-0.05, 0) is 6.07 Å². The van der Waals surface area contributed by atoms with Gasteiger partial charge < -0.3 is 0 Å². The summed E-state index contributed by atoms with van der Waals surface area (Å²) < 4.78 is 37.5. The molecule has 90 valence electrons. The number of alkyl halides is 4. The summed E-state index contributed by atoms with van der Waals surface area (Å²) in [7, 11) is 0. The summed E-state index contributed by atoms with van der Waals surface area (Å²) in [5.74, 6) is -0.344. The fourth-order valence-corrected chi connectivity index (χ4v) is 1.45. The number of hydrogen-bond donors (Lipinski definition) is 0. The maximum absolute atomic E-state index is 12.5. The minimum atomic E-state index is -4.82. The van der Waals surface area contributed by atoms with E-state index < -0.39 is 27.9 Å². The van der Waals surface area contributed by atoms with Gasteiger partial charge in [-0.1, -0.05) is 0 Å². The summed E-state index contributed by atoms with van der Waals surface area (Å²) in [6, 6.07) is 2.46. The molecule has 0 saturated heterocycles. The summed E-state index contributed by atoms with van der Waals surface area (Å²) in [5, 5.41) is 19.1. The van der Waals surface area contributed by atoms with Gasteiger partial charge >= 0.3 is 6.18 Å². The Labute approximate surface area is 98.4 Å². The number of nitrogens with zero attached hydrogens (tertiary/aromatic N) is 2. The predicted molar refractivity (Wildman–Crippen MR) is 52.4 cm³/mol. The molecule has 0 aromatic heterocycles. The molecule has 0 radical (unpaired) electrons. The fraction of sp³-hybridized carbons (Fsp3) is 0.222. The van der Waals surface area contributed by atoms with Crippen LogP contribution in [0.15, 0.2) is 12.1 Å². The molecule has 0 unspecified atom stereocenters. The molecule has 0 bridgehead atoms. The first-order valence-corrected chi connectivity index (χ1v) is 4.69. The Kier molecular flexibility index (Phi) is 3.58. The summed E-state index contributed by atoms with van der Waals surface area (Å²) in [6.45, 7) is 0. The smallest absolute Gasteiger partial charge is 0.258 e. The number of nitriles is 1. The van der Waals surface area contributed by atoms with E-state index in [9.17, 15) is 23.3 Å². The van der Waals surface area contributed by atoms with E-state index in [0.717, 1.165) is 6.07 Å². The predicted octanol–water partition coefficient (Wildman–Crippen LogP) is 3.22. The lowest BCUT2D eigenvalue weighted by Gasteiger charge is -2.09. The van der Waals surface area contributed by atoms with Crippen LogP contribution in [-0.4, -0.2) is 4.92 Å². The molecule has 8 heteroatoms. The summed E-state index contributed by atoms with van der Waals surface area (Å²) in [5.41, 5.74) is -2.88. The van der Waals surface area contributed by atoms with Crippen LogP contribution in [0.1, 0.15) is 16.7 Å². The van der Waals surface area contributed by atoms with Gasteiger partial charge in [-0.15, -0.1) is 11.6 Å². The summed E-state index contributed by atoms with van der Waals surface area (Å²) in [4.78, 5) is 9.59. The average molecular weight is 265 g/mol. The third kappa shape index (κ3) is 2.65. The highest BCUT2D eigenvalue weighted by molar-refractivity contribution is 6.17. The molecule has 0 N–H and O–H groups in total. The summed E-state index contributed by atoms with van der Waals surface area (Å²) in [6.07, 6.45) is -4.82. The van der Waals surface area contributed by atoms with Gasteiger partial charge in [0.15, 0.2) is 0 Å².